The fourth-order valence-corrected chi connectivity index (χ4v) is 5.07. The minimum absolute atomic E-state index is 0.0990. The number of amides is 1. The predicted octanol–water partition coefficient (Wildman–Crippen LogP) is 3.58. The van der Waals surface area contributed by atoms with Gasteiger partial charge >= 0.3 is 5.97 Å². The van der Waals surface area contributed by atoms with E-state index in [1.54, 1.807) is 12.4 Å². The van der Waals surface area contributed by atoms with Crippen molar-refractivity contribution in [1.29, 1.82) is 10.5 Å². The van der Waals surface area contributed by atoms with E-state index in [0.29, 0.717) is 6.42 Å². The summed E-state index contributed by atoms with van der Waals surface area (Å²) >= 11 is 3.78. The van der Waals surface area contributed by atoms with Gasteiger partial charge in [0.25, 0.3) is 0 Å². The molecule has 0 unspecified atom stereocenters. The van der Waals surface area contributed by atoms with Crippen LogP contribution in [0, 0.1) is 33.7 Å². The first kappa shape index (κ1) is 26.4. The third kappa shape index (κ3) is 15.5. The van der Waals surface area contributed by atoms with Crippen molar-refractivity contribution in [2.45, 2.75) is 59.8 Å². The summed E-state index contributed by atoms with van der Waals surface area (Å²) in [6, 6.07) is 0. The lowest BCUT2D eigenvalue weighted by Gasteiger charge is -2.23. The summed E-state index contributed by atoms with van der Waals surface area (Å²) in [5, 5.41) is 19.0. The molecule has 0 bridgehead atoms. The van der Waals surface area contributed by atoms with Gasteiger partial charge in [-0.1, -0.05) is 27.7 Å². The predicted molar refractivity (Wildman–Crippen MR) is 114 cm³/mol. The van der Waals surface area contributed by atoms with Crippen molar-refractivity contribution in [2.24, 2.45) is 10.8 Å². The molecule has 0 aromatic heterocycles. The highest BCUT2D eigenvalue weighted by molar-refractivity contribution is 8.00. The normalized spacial score (nSPS) is 11.2. The molecule has 2 N–H and O–H groups in total. The van der Waals surface area contributed by atoms with E-state index in [1.807, 2.05) is 56.7 Å². The van der Waals surface area contributed by atoms with Crippen LogP contribution in [-0.4, -0.2) is 34.9 Å². The summed E-state index contributed by atoms with van der Waals surface area (Å²) in [6.07, 6.45) is 6.85. The van der Waals surface area contributed by atoms with E-state index >= 15 is 0 Å². The molecule has 0 saturated heterocycles. The molecule has 0 aliphatic heterocycles. The monoisotopic (exact) mass is 428 g/mol. The lowest BCUT2D eigenvalue weighted by Crippen LogP contribution is -2.25. The molecular formula is C19H32N4O3S2. The van der Waals surface area contributed by atoms with Crippen molar-refractivity contribution in [3.8, 4) is 12.4 Å². The number of carbonyl (C=O) groups is 2. The molecule has 9 heteroatoms. The summed E-state index contributed by atoms with van der Waals surface area (Å²) < 4.78 is 0. The molecule has 0 radical (unpaired) electrons. The number of nitrogens with one attached hydrogen (secondary N) is 2. The van der Waals surface area contributed by atoms with Crippen LogP contribution >= 0.6 is 23.5 Å². The summed E-state index contributed by atoms with van der Waals surface area (Å²) in [7, 11) is 0. The highest BCUT2D eigenvalue weighted by Crippen LogP contribution is 2.28. The molecule has 0 spiro atoms. The first-order chi connectivity index (χ1) is 13.1. The Balaban J connectivity index is 3.71. The van der Waals surface area contributed by atoms with Crippen molar-refractivity contribution >= 4 is 35.4 Å². The van der Waals surface area contributed by atoms with E-state index in [4.69, 9.17) is 10.5 Å². The van der Waals surface area contributed by atoms with E-state index in [0.717, 1.165) is 42.3 Å². The number of hydrogen-bond acceptors (Lipinski definition) is 8. The molecule has 0 heterocycles. The highest BCUT2D eigenvalue weighted by Gasteiger charge is 2.23. The quantitative estimate of drug-likeness (QED) is 0.176. The maximum absolute atomic E-state index is 11.5. The Hall–Kier alpha value is -1.58. The molecule has 158 valence electrons. The molecule has 0 aliphatic carbocycles. The van der Waals surface area contributed by atoms with E-state index in [1.165, 1.54) is 0 Å². The van der Waals surface area contributed by atoms with Gasteiger partial charge in [0, 0.05) is 6.42 Å². The maximum Gasteiger partial charge on any atom is 0.333 e. The van der Waals surface area contributed by atoms with Crippen LogP contribution in [-0.2, 0) is 14.4 Å². The van der Waals surface area contributed by atoms with Crippen molar-refractivity contribution in [2.75, 3.05) is 23.0 Å². The topological polar surface area (TPSA) is 115 Å². The molecule has 0 aromatic rings. The first-order valence-electron chi connectivity index (χ1n) is 9.29. The number of nitrogens with zero attached hydrogens (tertiary/aromatic N) is 2. The SMILES string of the molecule is CC(C)(CCSCCCSCCC(C)(C)CC(=O)ONC#N)CC(=O)NC#N. The number of hydrogen-bond donors (Lipinski definition) is 2. The molecule has 0 fully saturated rings. The third-order valence-corrected chi connectivity index (χ3v) is 6.23. The fourth-order valence-electron chi connectivity index (χ4n) is 2.39. The largest absolute Gasteiger partial charge is 0.334 e. The summed E-state index contributed by atoms with van der Waals surface area (Å²) in [5.41, 5.74) is 1.66. The zero-order valence-corrected chi connectivity index (χ0v) is 18.9. The Kier molecular flexibility index (Phi) is 13.6. The van der Waals surface area contributed by atoms with Gasteiger partial charge < -0.3 is 4.84 Å². The number of carbonyl (C=O) groups excluding carboxylic acids is 2. The molecule has 0 saturated carbocycles. The fraction of sp³-hybridized carbons (Fsp3) is 0.789. The van der Waals surface area contributed by atoms with Gasteiger partial charge in [-0.3, -0.25) is 10.1 Å². The van der Waals surface area contributed by atoms with E-state index in [-0.39, 0.29) is 23.2 Å². The summed E-state index contributed by atoms with van der Waals surface area (Å²) in [6.45, 7) is 8.15. The minimum atomic E-state index is -0.416. The Bertz CT molecular complexity index is 569. The van der Waals surface area contributed by atoms with Crippen molar-refractivity contribution < 1.29 is 14.4 Å². The number of nitriles is 2. The number of hydroxylamine groups is 1. The van der Waals surface area contributed by atoms with Gasteiger partial charge in [0.2, 0.25) is 12.1 Å². The van der Waals surface area contributed by atoms with Crippen LogP contribution in [0.25, 0.3) is 0 Å². The summed E-state index contributed by atoms with van der Waals surface area (Å²) in [5.74, 6) is 3.52. The van der Waals surface area contributed by atoms with Gasteiger partial charge in [-0.05, 0) is 53.1 Å². The van der Waals surface area contributed by atoms with Crippen LogP contribution in [0.3, 0.4) is 0 Å². The Morgan fingerprint density at radius 3 is 1.93 bits per heavy atom. The molecule has 7 nitrogen and oxygen atoms in total. The van der Waals surface area contributed by atoms with E-state index < -0.39 is 5.97 Å². The molecule has 0 rings (SSSR count). The van der Waals surface area contributed by atoms with Crippen LogP contribution in [0.5, 0.6) is 0 Å². The second kappa shape index (κ2) is 14.4. The van der Waals surface area contributed by atoms with Crippen LogP contribution in [0.4, 0.5) is 0 Å². The first-order valence-corrected chi connectivity index (χ1v) is 11.6. The second-order valence-electron chi connectivity index (χ2n) is 8.11. The van der Waals surface area contributed by atoms with Gasteiger partial charge in [-0.2, -0.15) is 39.5 Å². The molecule has 0 atom stereocenters. The Morgan fingerprint density at radius 2 is 1.43 bits per heavy atom. The highest BCUT2D eigenvalue weighted by atomic mass is 32.2. The van der Waals surface area contributed by atoms with Gasteiger partial charge in [0.15, 0.2) is 6.19 Å². The second-order valence-corrected chi connectivity index (χ2v) is 10.6. The van der Waals surface area contributed by atoms with Crippen molar-refractivity contribution in [3.05, 3.63) is 0 Å². The van der Waals surface area contributed by atoms with E-state index in [2.05, 4.69) is 10.2 Å². The third-order valence-electron chi connectivity index (χ3n) is 4.09. The van der Waals surface area contributed by atoms with Gasteiger partial charge in [0.1, 0.15) is 0 Å². The molecule has 1 amide bonds. The Morgan fingerprint density at radius 1 is 0.893 bits per heavy atom. The molecule has 0 aromatic carbocycles. The zero-order valence-electron chi connectivity index (χ0n) is 17.3. The maximum atomic E-state index is 11.5. The van der Waals surface area contributed by atoms with Gasteiger partial charge in [0.05, 0.1) is 6.42 Å². The van der Waals surface area contributed by atoms with Gasteiger partial charge in [-0.15, -0.1) is 0 Å². The number of rotatable bonds is 15. The summed E-state index contributed by atoms with van der Waals surface area (Å²) in [4.78, 5) is 27.6. The average molecular weight is 429 g/mol. The van der Waals surface area contributed by atoms with E-state index in [9.17, 15) is 9.59 Å². The van der Waals surface area contributed by atoms with Gasteiger partial charge in [-0.25, -0.2) is 4.79 Å². The molecule has 0 aliphatic rings. The zero-order chi connectivity index (χ0) is 21.5. The van der Waals surface area contributed by atoms with Crippen LogP contribution in [0.15, 0.2) is 0 Å². The minimum Gasteiger partial charge on any atom is -0.334 e. The molecular weight excluding hydrogens is 396 g/mol. The van der Waals surface area contributed by atoms with Crippen molar-refractivity contribution in [3.63, 3.8) is 0 Å². The Labute approximate surface area is 177 Å². The number of thioether (sulfide) groups is 2. The van der Waals surface area contributed by atoms with Crippen molar-refractivity contribution in [1.82, 2.24) is 10.8 Å². The van der Waals surface area contributed by atoms with Crippen LogP contribution < -0.4 is 10.8 Å². The standard InChI is InChI=1S/C19H32N4O3S2/c1-18(2,12-16(24)22-14-20)6-10-27-8-5-9-28-11-7-19(3,4)13-17(25)26-23-15-21/h23H,5-13H2,1-4H3,(H,22,24). The molecule has 28 heavy (non-hydrogen) atoms. The average Bonchev–Trinajstić information content (AvgIpc) is 2.57. The lowest BCUT2D eigenvalue weighted by atomic mass is 9.86. The smallest absolute Gasteiger partial charge is 0.333 e. The van der Waals surface area contributed by atoms with Crippen LogP contribution in [0.2, 0.25) is 0 Å². The van der Waals surface area contributed by atoms with Crippen LogP contribution in [0.1, 0.15) is 59.8 Å². The lowest BCUT2D eigenvalue weighted by molar-refractivity contribution is -0.150.